The Balaban J connectivity index is 2.38. The number of hydrogen-bond donors (Lipinski definition) is 2. The van der Waals surface area contributed by atoms with Gasteiger partial charge >= 0.3 is 0 Å². The van der Waals surface area contributed by atoms with Crippen molar-refractivity contribution in [3.05, 3.63) is 56.7 Å². The van der Waals surface area contributed by atoms with Crippen molar-refractivity contribution in [3.63, 3.8) is 0 Å². The van der Waals surface area contributed by atoms with Crippen molar-refractivity contribution in [3.8, 4) is 0 Å². The monoisotopic (exact) mass is 343 g/mol. The van der Waals surface area contributed by atoms with Gasteiger partial charge in [0.25, 0.3) is 0 Å². The number of aromatic nitrogens is 1. The molecule has 1 atom stereocenters. The van der Waals surface area contributed by atoms with E-state index in [9.17, 15) is 0 Å². The number of likely N-dealkylation sites (N-methyl/N-ethyl adjacent to an activating group) is 1. The van der Waals surface area contributed by atoms with E-state index in [1.54, 1.807) is 0 Å². The molecule has 1 aromatic carbocycles. The maximum atomic E-state index is 6.25. The zero-order valence-corrected chi connectivity index (χ0v) is 13.8. The van der Waals surface area contributed by atoms with E-state index in [-0.39, 0.29) is 6.04 Å². The van der Waals surface area contributed by atoms with Crippen molar-refractivity contribution >= 4 is 40.6 Å². The average molecular weight is 345 g/mol. The van der Waals surface area contributed by atoms with Gasteiger partial charge < -0.3 is 11.1 Å². The topological polar surface area (TPSA) is 50.9 Å². The predicted molar refractivity (Wildman–Crippen MR) is 90.2 cm³/mol. The zero-order valence-electron chi connectivity index (χ0n) is 11.5. The molecular formula is C15H16Cl3N3. The van der Waals surface area contributed by atoms with Crippen LogP contribution >= 0.6 is 34.8 Å². The SMILES string of the molecule is CCNC(Cc1c(Cl)cccc1Cl)c1cc(Cl)cnc1N. The number of pyridine rings is 1. The molecule has 0 aliphatic rings. The van der Waals surface area contributed by atoms with Gasteiger partial charge in [-0.2, -0.15) is 0 Å². The van der Waals surface area contributed by atoms with Crippen molar-refractivity contribution in [1.29, 1.82) is 0 Å². The lowest BCUT2D eigenvalue weighted by Gasteiger charge is -2.21. The number of nitrogens with zero attached hydrogens (tertiary/aromatic N) is 1. The molecule has 0 radical (unpaired) electrons. The summed E-state index contributed by atoms with van der Waals surface area (Å²) in [5.74, 6) is 0.452. The standard InChI is InChI=1S/C15H16Cl3N3/c1-2-20-14(11-6-9(16)8-21-15(11)19)7-10-12(17)4-3-5-13(10)18/h3-6,8,14,20H,2,7H2,1H3,(H2,19,21). The molecule has 3 N–H and O–H groups in total. The van der Waals surface area contributed by atoms with E-state index in [1.807, 2.05) is 31.2 Å². The molecule has 0 bridgehead atoms. The first-order valence-electron chi connectivity index (χ1n) is 6.60. The molecule has 0 saturated heterocycles. The molecule has 0 saturated carbocycles. The van der Waals surface area contributed by atoms with Crippen molar-refractivity contribution in [1.82, 2.24) is 10.3 Å². The van der Waals surface area contributed by atoms with Gasteiger partial charge in [-0.25, -0.2) is 4.98 Å². The molecule has 0 fully saturated rings. The Bertz CT molecular complexity index is 611. The molecule has 0 aliphatic carbocycles. The third kappa shape index (κ3) is 4.01. The number of nitrogen functional groups attached to an aromatic ring is 1. The third-order valence-electron chi connectivity index (χ3n) is 3.21. The molecular weight excluding hydrogens is 329 g/mol. The highest BCUT2D eigenvalue weighted by molar-refractivity contribution is 6.36. The van der Waals surface area contributed by atoms with Gasteiger partial charge in [-0.15, -0.1) is 0 Å². The van der Waals surface area contributed by atoms with Gasteiger partial charge in [0.05, 0.1) is 5.02 Å². The number of nitrogens with one attached hydrogen (secondary N) is 1. The Morgan fingerprint density at radius 1 is 1.24 bits per heavy atom. The lowest BCUT2D eigenvalue weighted by atomic mass is 9.99. The summed E-state index contributed by atoms with van der Waals surface area (Å²) in [6.07, 6.45) is 2.14. The van der Waals surface area contributed by atoms with Crippen LogP contribution in [0.4, 0.5) is 5.82 Å². The fourth-order valence-corrected chi connectivity index (χ4v) is 2.93. The summed E-state index contributed by atoms with van der Waals surface area (Å²) in [5, 5.41) is 5.20. The summed E-state index contributed by atoms with van der Waals surface area (Å²) < 4.78 is 0. The van der Waals surface area contributed by atoms with Gasteiger partial charge in [0.1, 0.15) is 5.82 Å². The van der Waals surface area contributed by atoms with Crippen molar-refractivity contribution in [2.24, 2.45) is 0 Å². The molecule has 1 unspecified atom stereocenters. The number of benzene rings is 1. The van der Waals surface area contributed by atoms with E-state index in [4.69, 9.17) is 40.5 Å². The zero-order chi connectivity index (χ0) is 15.4. The van der Waals surface area contributed by atoms with Crippen LogP contribution in [0.25, 0.3) is 0 Å². The van der Waals surface area contributed by atoms with Crippen molar-refractivity contribution in [2.45, 2.75) is 19.4 Å². The molecule has 0 aliphatic heterocycles. The molecule has 2 rings (SSSR count). The van der Waals surface area contributed by atoms with E-state index < -0.39 is 0 Å². The largest absolute Gasteiger partial charge is 0.383 e. The highest BCUT2D eigenvalue weighted by Gasteiger charge is 2.18. The van der Waals surface area contributed by atoms with E-state index in [1.165, 1.54) is 6.20 Å². The summed E-state index contributed by atoms with van der Waals surface area (Å²) in [7, 11) is 0. The Morgan fingerprint density at radius 3 is 2.52 bits per heavy atom. The molecule has 3 nitrogen and oxygen atoms in total. The van der Waals surface area contributed by atoms with Crippen LogP contribution in [0.3, 0.4) is 0 Å². The minimum Gasteiger partial charge on any atom is -0.383 e. The normalized spacial score (nSPS) is 12.4. The van der Waals surface area contributed by atoms with Gasteiger partial charge in [0.15, 0.2) is 0 Å². The highest BCUT2D eigenvalue weighted by Crippen LogP contribution is 2.31. The van der Waals surface area contributed by atoms with Crippen molar-refractivity contribution in [2.75, 3.05) is 12.3 Å². The first-order valence-corrected chi connectivity index (χ1v) is 7.73. The summed E-state index contributed by atoms with van der Waals surface area (Å²) in [6, 6.07) is 7.24. The first-order chi connectivity index (χ1) is 10.0. The fourth-order valence-electron chi connectivity index (χ4n) is 2.21. The van der Waals surface area contributed by atoms with Crippen LogP contribution in [0.5, 0.6) is 0 Å². The lowest BCUT2D eigenvalue weighted by molar-refractivity contribution is 0.550. The van der Waals surface area contributed by atoms with Crippen LogP contribution in [-0.2, 0) is 6.42 Å². The molecule has 2 aromatic rings. The van der Waals surface area contributed by atoms with Crippen LogP contribution in [0.1, 0.15) is 24.1 Å². The maximum Gasteiger partial charge on any atom is 0.128 e. The minimum atomic E-state index is -0.0569. The second-order valence-corrected chi connectivity index (χ2v) is 5.89. The lowest BCUT2D eigenvalue weighted by Crippen LogP contribution is -2.24. The van der Waals surface area contributed by atoms with Crippen LogP contribution in [0.15, 0.2) is 30.5 Å². The Kier molecular flexibility index (Phi) is 5.71. The minimum absolute atomic E-state index is 0.0569. The van der Waals surface area contributed by atoms with Gasteiger partial charge in [-0.3, -0.25) is 0 Å². The van der Waals surface area contributed by atoms with E-state index >= 15 is 0 Å². The molecule has 0 amide bonds. The second kappa shape index (κ2) is 7.32. The highest BCUT2D eigenvalue weighted by atomic mass is 35.5. The van der Waals surface area contributed by atoms with Gasteiger partial charge in [0, 0.05) is 27.8 Å². The molecule has 1 heterocycles. The fraction of sp³-hybridized carbons (Fsp3) is 0.267. The summed E-state index contributed by atoms with van der Waals surface area (Å²) >= 11 is 18.5. The number of anilines is 1. The quantitative estimate of drug-likeness (QED) is 0.838. The molecule has 6 heteroatoms. The summed E-state index contributed by atoms with van der Waals surface area (Å²) in [4.78, 5) is 4.11. The molecule has 0 spiro atoms. The van der Waals surface area contributed by atoms with Gasteiger partial charge in [0.2, 0.25) is 0 Å². The first kappa shape index (κ1) is 16.4. The van der Waals surface area contributed by atoms with Crippen molar-refractivity contribution < 1.29 is 0 Å². The van der Waals surface area contributed by atoms with Gasteiger partial charge in [-0.05, 0) is 36.7 Å². The average Bonchev–Trinajstić information content (AvgIpc) is 2.44. The van der Waals surface area contributed by atoms with E-state index in [0.29, 0.717) is 27.3 Å². The summed E-state index contributed by atoms with van der Waals surface area (Å²) in [6.45, 7) is 2.80. The second-order valence-electron chi connectivity index (χ2n) is 4.64. The third-order valence-corrected chi connectivity index (χ3v) is 4.13. The van der Waals surface area contributed by atoms with Gasteiger partial charge in [-0.1, -0.05) is 47.8 Å². The number of nitrogens with two attached hydrogens (primary N) is 1. The Hall–Kier alpha value is -1.00. The number of halogens is 3. The van der Waals surface area contributed by atoms with Crippen LogP contribution in [0.2, 0.25) is 15.1 Å². The van der Waals surface area contributed by atoms with Crippen LogP contribution < -0.4 is 11.1 Å². The maximum absolute atomic E-state index is 6.25. The van der Waals surface area contributed by atoms with Crippen LogP contribution in [-0.4, -0.2) is 11.5 Å². The number of rotatable bonds is 5. The Labute approximate surface area is 139 Å². The smallest absolute Gasteiger partial charge is 0.128 e. The van der Waals surface area contributed by atoms with Crippen LogP contribution in [0, 0.1) is 0 Å². The molecule has 112 valence electrons. The molecule has 21 heavy (non-hydrogen) atoms. The predicted octanol–water partition coefficient (Wildman–Crippen LogP) is 4.52. The number of hydrogen-bond acceptors (Lipinski definition) is 3. The Morgan fingerprint density at radius 2 is 1.90 bits per heavy atom. The van der Waals surface area contributed by atoms with E-state index in [0.717, 1.165) is 17.7 Å². The summed E-state index contributed by atoms with van der Waals surface area (Å²) in [5.41, 5.74) is 7.70. The van der Waals surface area contributed by atoms with E-state index in [2.05, 4.69) is 10.3 Å². The molecule has 1 aromatic heterocycles.